The molecule has 0 unspecified atom stereocenters. The van der Waals surface area contributed by atoms with Crippen LogP contribution in [-0.4, -0.2) is 25.5 Å². The number of nitrogens with one attached hydrogen (secondary N) is 1. The van der Waals surface area contributed by atoms with Gasteiger partial charge in [-0.05, 0) is 35.9 Å². The molecule has 1 N–H and O–H groups in total. The number of methoxy groups -OCH3 is 1. The average Bonchev–Trinajstić information content (AvgIpc) is 3.19. The average molecular weight is 415 g/mol. The fourth-order valence-corrected chi connectivity index (χ4v) is 4.67. The van der Waals surface area contributed by atoms with E-state index in [1.54, 1.807) is 29.8 Å². The van der Waals surface area contributed by atoms with Gasteiger partial charge in [0.2, 0.25) is 0 Å². The lowest BCUT2D eigenvalue weighted by Crippen LogP contribution is -2.12. The van der Waals surface area contributed by atoms with Crippen molar-refractivity contribution >= 4 is 37.4 Å². The normalized spacial score (nSPS) is 11.5. The Morgan fingerprint density at radius 1 is 1.04 bits per heavy atom. The molecule has 2 aromatic heterocycles. The van der Waals surface area contributed by atoms with Crippen LogP contribution in [0.3, 0.4) is 0 Å². The Bertz CT molecular complexity index is 1260. The van der Waals surface area contributed by atoms with Crippen molar-refractivity contribution < 1.29 is 17.5 Å². The number of hydrogen-bond acceptors (Lipinski definition) is 6. The Morgan fingerprint density at radius 3 is 2.64 bits per heavy atom. The van der Waals surface area contributed by atoms with E-state index in [2.05, 4.69) is 14.7 Å². The molecule has 142 valence electrons. The number of benzene rings is 2. The van der Waals surface area contributed by atoms with E-state index in [0.29, 0.717) is 16.8 Å². The Labute approximate surface area is 164 Å². The predicted molar refractivity (Wildman–Crippen MR) is 107 cm³/mol. The molecular formula is C19H14FN3O3S2. The van der Waals surface area contributed by atoms with E-state index < -0.39 is 15.8 Å². The first-order valence-corrected chi connectivity index (χ1v) is 10.5. The minimum absolute atomic E-state index is 0.0749. The molecular weight excluding hydrogens is 401 g/mol. The van der Waals surface area contributed by atoms with Crippen molar-refractivity contribution in [1.29, 1.82) is 0 Å². The molecule has 0 aliphatic heterocycles. The maximum absolute atomic E-state index is 13.5. The Hall–Kier alpha value is -3.04. The Kier molecular flexibility index (Phi) is 4.70. The third kappa shape index (κ3) is 3.41. The van der Waals surface area contributed by atoms with Crippen molar-refractivity contribution in [3.05, 3.63) is 66.1 Å². The summed E-state index contributed by atoms with van der Waals surface area (Å²) >= 11 is 1.19. The topological polar surface area (TPSA) is 81.2 Å². The summed E-state index contributed by atoms with van der Waals surface area (Å²) in [5.74, 6) is -0.0183. The van der Waals surface area contributed by atoms with Gasteiger partial charge in [-0.2, -0.15) is 0 Å². The third-order valence-electron chi connectivity index (χ3n) is 4.13. The van der Waals surface area contributed by atoms with Crippen molar-refractivity contribution in [2.45, 2.75) is 4.90 Å². The van der Waals surface area contributed by atoms with Gasteiger partial charge in [-0.1, -0.05) is 6.07 Å². The van der Waals surface area contributed by atoms with Crippen molar-refractivity contribution in [3.63, 3.8) is 0 Å². The van der Waals surface area contributed by atoms with Crippen LogP contribution in [0.4, 0.5) is 9.52 Å². The predicted octanol–water partition coefficient (Wildman–Crippen LogP) is 4.31. The molecule has 0 radical (unpaired) electrons. The van der Waals surface area contributed by atoms with Gasteiger partial charge in [-0.15, -0.1) is 11.3 Å². The zero-order valence-corrected chi connectivity index (χ0v) is 16.2. The fraction of sp³-hybridized carbons (Fsp3) is 0.0526. The second-order valence-electron chi connectivity index (χ2n) is 5.82. The van der Waals surface area contributed by atoms with Crippen LogP contribution in [0, 0.1) is 5.82 Å². The highest BCUT2D eigenvalue weighted by Crippen LogP contribution is 2.35. The number of sulfonamides is 1. The molecule has 6 nitrogen and oxygen atoms in total. The summed E-state index contributed by atoms with van der Waals surface area (Å²) < 4.78 is 46.5. The van der Waals surface area contributed by atoms with E-state index in [-0.39, 0.29) is 10.0 Å². The quantitative estimate of drug-likeness (QED) is 0.525. The number of anilines is 1. The largest absolute Gasteiger partial charge is 0.496 e. The summed E-state index contributed by atoms with van der Waals surface area (Å²) in [5, 5.41) is 2.70. The first-order valence-electron chi connectivity index (χ1n) is 8.13. The number of pyridine rings is 1. The second-order valence-corrected chi connectivity index (χ2v) is 8.40. The number of fused-ring (bicyclic) bond motifs is 1. The summed E-state index contributed by atoms with van der Waals surface area (Å²) in [6.45, 7) is 0. The van der Waals surface area contributed by atoms with Crippen LogP contribution in [0.5, 0.6) is 5.75 Å². The van der Waals surface area contributed by atoms with Crippen molar-refractivity contribution in [3.8, 4) is 16.9 Å². The lowest BCUT2D eigenvalue weighted by Gasteiger charge is -2.12. The van der Waals surface area contributed by atoms with Gasteiger partial charge < -0.3 is 4.74 Å². The van der Waals surface area contributed by atoms with E-state index in [0.717, 1.165) is 10.9 Å². The molecule has 0 atom stereocenters. The number of aromatic nitrogens is 2. The maximum Gasteiger partial charge on any atom is 0.263 e. The number of halogens is 1. The van der Waals surface area contributed by atoms with E-state index in [1.165, 1.54) is 48.9 Å². The van der Waals surface area contributed by atoms with E-state index in [4.69, 9.17) is 4.74 Å². The standard InChI is InChI=1S/C19H14FN3O3S2/c1-26-18-10-12(20)2-4-16(18)14-6-7-21-17-11-13(3-5-15(14)17)28(24,25)23-19-22-8-9-27-19/h2-11H,1H3,(H,22,23). The molecule has 9 heteroatoms. The summed E-state index contributed by atoms with van der Waals surface area (Å²) in [6.07, 6.45) is 3.10. The lowest BCUT2D eigenvalue weighted by atomic mass is 10.0. The Morgan fingerprint density at radius 2 is 1.89 bits per heavy atom. The number of hydrogen-bond donors (Lipinski definition) is 1. The van der Waals surface area contributed by atoms with Crippen LogP contribution in [0.2, 0.25) is 0 Å². The molecule has 0 spiro atoms. The van der Waals surface area contributed by atoms with Crippen LogP contribution >= 0.6 is 11.3 Å². The molecule has 0 saturated heterocycles. The number of nitrogens with zero attached hydrogens (tertiary/aromatic N) is 2. The molecule has 2 aromatic carbocycles. The first-order chi connectivity index (χ1) is 13.5. The summed E-state index contributed by atoms with van der Waals surface area (Å²) in [5.41, 5.74) is 1.94. The van der Waals surface area contributed by atoms with Gasteiger partial charge >= 0.3 is 0 Å². The highest BCUT2D eigenvalue weighted by Gasteiger charge is 2.18. The van der Waals surface area contributed by atoms with Crippen molar-refractivity contribution in [2.24, 2.45) is 0 Å². The van der Waals surface area contributed by atoms with Crippen LogP contribution in [0.1, 0.15) is 0 Å². The highest BCUT2D eigenvalue weighted by atomic mass is 32.2. The Balaban J connectivity index is 1.81. The minimum Gasteiger partial charge on any atom is -0.496 e. The van der Waals surface area contributed by atoms with Gasteiger partial charge in [0.15, 0.2) is 5.13 Å². The van der Waals surface area contributed by atoms with Crippen LogP contribution in [-0.2, 0) is 10.0 Å². The monoisotopic (exact) mass is 415 g/mol. The molecule has 0 aliphatic carbocycles. The van der Waals surface area contributed by atoms with Crippen LogP contribution < -0.4 is 9.46 Å². The second kappa shape index (κ2) is 7.17. The van der Waals surface area contributed by atoms with Gasteiger partial charge in [-0.25, -0.2) is 17.8 Å². The van der Waals surface area contributed by atoms with Crippen molar-refractivity contribution in [1.82, 2.24) is 9.97 Å². The van der Waals surface area contributed by atoms with Crippen LogP contribution in [0.15, 0.2) is 65.1 Å². The lowest BCUT2D eigenvalue weighted by molar-refractivity contribution is 0.413. The summed E-state index contributed by atoms with van der Waals surface area (Å²) in [7, 11) is -2.32. The smallest absolute Gasteiger partial charge is 0.263 e. The van der Waals surface area contributed by atoms with E-state index in [1.807, 2.05) is 0 Å². The molecule has 0 aliphatic rings. The zero-order chi connectivity index (χ0) is 19.7. The molecule has 4 rings (SSSR count). The van der Waals surface area contributed by atoms with Crippen molar-refractivity contribution in [2.75, 3.05) is 11.8 Å². The molecule has 0 saturated carbocycles. The molecule has 0 fully saturated rings. The SMILES string of the molecule is COc1cc(F)ccc1-c1ccnc2cc(S(=O)(=O)Nc3nccs3)ccc12. The van der Waals surface area contributed by atoms with Crippen LogP contribution in [0.25, 0.3) is 22.0 Å². The molecule has 4 aromatic rings. The minimum atomic E-state index is -3.79. The highest BCUT2D eigenvalue weighted by molar-refractivity contribution is 7.93. The number of rotatable bonds is 5. The van der Waals surface area contributed by atoms with Gasteiger partial charge in [-0.3, -0.25) is 9.71 Å². The zero-order valence-electron chi connectivity index (χ0n) is 14.6. The van der Waals surface area contributed by atoms with E-state index in [9.17, 15) is 12.8 Å². The first kappa shape index (κ1) is 18.3. The molecule has 28 heavy (non-hydrogen) atoms. The van der Waals surface area contributed by atoms with Gasteiger partial charge in [0.05, 0.1) is 17.5 Å². The summed E-state index contributed by atoms with van der Waals surface area (Å²) in [6, 6.07) is 10.7. The van der Waals surface area contributed by atoms with E-state index >= 15 is 0 Å². The number of thiazole rings is 1. The molecule has 0 amide bonds. The van der Waals surface area contributed by atoms with Gasteiger partial charge in [0.25, 0.3) is 10.0 Å². The third-order valence-corrected chi connectivity index (χ3v) is 6.29. The molecule has 0 bridgehead atoms. The van der Waals surface area contributed by atoms with Gasteiger partial charge in [0, 0.05) is 34.8 Å². The maximum atomic E-state index is 13.5. The number of ether oxygens (including phenoxy) is 1. The molecule has 2 heterocycles. The fourth-order valence-electron chi connectivity index (χ4n) is 2.87. The van der Waals surface area contributed by atoms with Gasteiger partial charge in [0.1, 0.15) is 11.6 Å². The summed E-state index contributed by atoms with van der Waals surface area (Å²) in [4.78, 5) is 8.30.